The fraction of sp³-hybridized carbons (Fsp3) is 0.500. The van der Waals surface area contributed by atoms with E-state index in [0.717, 1.165) is 0 Å². The Labute approximate surface area is 125 Å². The second-order valence-corrected chi connectivity index (χ2v) is 6.55. The summed E-state index contributed by atoms with van der Waals surface area (Å²) in [6.45, 7) is 4.16. The smallest absolute Gasteiger partial charge is 0.306 e. The minimum absolute atomic E-state index is 0.154. The first-order valence-electron chi connectivity index (χ1n) is 6.92. The Hall–Kier alpha value is -1.76. The fourth-order valence-electron chi connectivity index (χ4n) is 1.87. The number of hydrogen-bond acceptors (Lipinski definition) is 5. The van der Waals surface area contributed by atoms with E-state index in [1.54, 1.807) is 31.2 Å². The standard InChI is InChI=1S/C14H22N2O4S/c1-3-9-16(13-7-5-6-12(15)11-13)21(18,19)10-8-14(17)20-4-2/h5-7,11H,3-4,8-10,15H2,1-2H3. The Morgan fingerprint density at radius 3 is 2.62 bits per heavy atom. The van der Waals surface area contributed by atoms with Crippen molar-refractivity contribution in [1.29, 1.82) is 0 Å². The number of carbonyl (C=O) groups excluding carboxylic acids is 1. The molecule has 0 aliphatic carbocycles. The number of nitrogen functional groups attached to an aromatic ring is 1. The van der Waals surface area contributed by atoms with E-state index in [1.807, 2.05) is 6.92 Å². The number of sulfonamides is 1. The summed E-state index contributed by atoms with van der Waals surface area (Å²) in [5.74, 6) is -0.786. The molecule has 0 atom stereocenters. The summed E-state index contributed by atoms with van der Waals surface area (Å²) in [5, 5.41) is 0. The molecule has 2 N–H and O–H groups in total. The molecule has 0 radical (unpaired) electrons. The Bertz CT molecular complexity index is 572. The summed E-state index contributed by atoms with van der Waals surface area (Å²) in [7, 11) is -3.59. The highest BCUT2D eigenvalue weighted by molar-refractivity contribution is 7.92. The Balaban J connectivity index is 2.90. The van der Waals surface area contributed by atoms with E-state index >= 15 is 0 Å². The molecule has 118 valence electrons. The lowest BCUT2D eigenvalue weighted by atomic mass is 10.3. The summed E-state index contributed by atoms with van der Waals surface area (Å²) in [4.78, 5) is 11.3. The lowest BCUT2D eigenvalue weighted by Crippen LogP contribution is -2.34. The van der Waals surface area contributed by atoms with Gasteiger partial charge in [0.25, 0.3) is 0 Å². The van der Waals surface area contributed by atoms with Crippen molar-refractivity contribution in [1.82, 2.24) is 0 Å². The second kappa shape index (κ2) is 7.87. The number of hydrogen-bond donors (Lipinski definition) is 1. The fourth-order valence-corrected chi connectivity index (χ4v) is 3.41. The van der Waals surface area contributed by atoms with Gasteiger partial charge >= 0.3 is 5.97 Å². The van der Waals surface area contributed by atoms with Crippen molar-refractivity contribution < 1.29 is 17.9 Å². The van der Waals surface area contributed by atoms with Gasteiger partial charge in [0, 0.05) is 12.2 Å². The number of anilines is 2. The highest BCUT2D eigenvalue weighted by atomic mass is 32.2. The van der Waals surface area contributed by atoms with E-state index in [-0.39, 0.29) is 18.8 Å². The van der Waals surface area contributed by atoms with E-state index < -0.39 is 16.0 Å². The van der Waals surface area contributed by atoms with Gasteiger partial charge in [0.05, 0.1) is 24.5 Å². The molecule has 1 rings (SSSR count). The van der Waals surface area contributed by atoms with Gasteiger partial charge < -0.3 is 10.5 Å². The number of nitrogens with two attached hydrogens (primary N) is 1. The number of rotatable bonds is 8. The molecule has 0 bridgehead atoms. The zero-order valence-corrected chi connectivity index (χ0v) is 13.2. The Morgan fingerprint density at radius 1 is 1.33 bits per heavy atom. The molecule has 0 aliphatic rings. The largest absolute Gasteiger partial charge is 0.466 e. The van der Waals surface area contributed by atoms with Crippen LogP contribution in [0.1, 0.15) is 26.7 Å². The monoisotopic (exact) mass is 314 g/mol. The zero-order valence-electron chi connectivity index (χ0n) is 12.4. The van der Waals surface area contributed by atoms with Gasteiger partial charge in [-0.1, -0.05) is 13.0 Å². The van der Waals surface area contributed by atoms with E-state index in [9.17, 15) is 13.2 Å². The van der Waals surface area contributed by atoms with Crippen LogP contribution in [0.3, 0.4) is 0 Å². The average Bonchev–Trinajstić information content (AvgIpc) is 2.43. The SMILES string of the molecule is CCCN(c1cccc(N)c1)S(=O)(=O)CCC(=O)OCC. The van der Waals surface area contributed by atoms with Gasteiger partial charge in [-0.3, -0.25) is 9.10 Å². The molecule has 0 saturated heterocycles. The molecule has 0 unspecified atom stereocenters. The molecular weight excluding hydrogens is 292 g/mol. The maximum atomic E-state index is 12.4. The van der Waals surface area contributed by atoms with Crippen LogP contribution >= 0.6 is 0 Å². The van der Waals surface area contributed by atoms with Gasteiger partial charge in [0.15, 0.2) is 0 Å². The van der Waals surface area contributed by atoms with Gasteiger partial charge in [-0.15, -0.1) is 0 Å². The minimum Gasteiger partial charge on any atom is -0.466 e. The predicted molar refractivity (Wildman–Crippen MR) is 83.5 cm³/mol. The summed E-state index contributed by atoms with van der Waals surface area (Å²) >= 11 is 0. The molecule has 21 heavy (non-hydrogen) atoms. The number of ether oxygens (including phenoxy) is 1. The van der Waals surface area contributed by atoms with Crippen LogP contribution in [0, 0.1) is 0 Å². The predicted octanol–water partition coefficient (Wildman–Crippen LogP) is 1.77. The maximum absolute atomic E-state index is 12.4. The molecule has 0 saturated carbocycles. The first-order valence-corrected chi connectivity index (χ1v) is 8.53. The Kier molecular flexibility index (Phi) is 6.48. The summed E-state index contributed by atoms with van der Waals surface area (Å²) in [5.41, 5.74) is 6.71. The van der Waals surface area contributed by atoms with Crippen LogP contribution < -0.4 is 10.0 Å². The Morgan fingerprint density at radius 2 is 2.05 bits per heavy atom. The molecule has 0 amide bonds. The van der Waals surface area contributed by atoms with E-state index in [0.29, 0.717) is 24.3 Å². The number of carbonyl (C=O) groups is 1. The molecule has 0 heterocycles. The normalized spacial score (nSPS) is 11.1. The van der Waals surface area contributed by atoms with Crippen molar-refractivity contribution in [2.45, 2.75) is 26.7 Å². The van der Waals surface area contributed by atoms with Crippen LogP contribution in [-0.4, -0.2) is 33.3 Å². The summed E-state index contributed by atoms with van der Waals surface area (Å²) < 4.78 is 30.9. The molecule has 7 heteroatoms. The summed E-state index contributed by atoms with van der Waals surface area (Å²) in [6, 6.07) is 6.69. The van der Waals surface area contributed by atoms with Crippen LogP contribution in [0.5, 0.6) is 0 Å². The van der Waals surface area contributed by atoms with Crippen molar-refractivity contribution in [2.75, 3.05) is 28.9 Å². The van der Waals surface area contributed by atoms with E-state index in [1.165, 1.54) is 4.31 Å². The van der Waals surface area contributed by atoms with Gasteiger partial charge in [-0.05, 0) is 31.5 Å². The first kappa shape index (κ1) is 17.3. The maximum Gasteiger partial charge on any atom is 0.306 e. The van der Waals surface area contributed by atoms with Gasteiger partial charge in [-0.2, -0.15) is 0 Å². The number of benzene rings is 1. The summed E-state index contributed by atoms with van der Waals surface area (Å²) in [6.07, 6.45) is 0.506. The minimum atomic E-state index is -3.59. The van der Waals surface area contributed by atoms with Crippen LogP contribution in [0.4, 0.5) is 11.4 Å². The highest BCUT2D eigenvalue weighted by Gasteiger charge is 2.23. The highest BCUT2D eigenvalue weighted by Crippen LogP contribution is 2.21. The third-order valence-electron chi connectivity index (χ3n) is 2.79. The van der Waals surface area contributed by atoms with Gasteiger partial charge in [0.2, 0.25) is 10.0 Å². The first-order chi connectivity index (χ1) is 9.90. The quantitative estimate of drug-likeness (QED) is 0.583. The lowest BCUT2D eigenvalue weighted by Gasteiger charge is -2.24. The van der Waals surface area contributed by atoms with Crippen LogP contribution in [0.25, 0.3) is 0 Å². The average molecular weight is 314 g/mol. The van der Waals surface area contributed by atoms with Crippen LogP contribution in [0.15, 0.2) is 24.3 Å². The van der Waals surface area contributed by atoms with Gasteiger partial charge in [0.1, 0.15) is 0 Å². The molecule has 0 aliphatic heterocycles. The van der Waals surface area contributed by atoms with E-state index in [4.69, 9.17) is 10.5 Å². The lowest BCUT2D eigenvalue weighted by molar-refractivity contribution is -0.142. The molecule has 1 aromatic carbocycles. The zero-order chi connectivity index (χ0) is 15.9. The van der Waals surface area contributed by atoms with Crippen molar-refractivity contribution in [3.05, 3.63) is 24.3 Å². The number of nitrogens with zero attached hydrogens (tertiary/aromatic N) is 1. The van der Waals surface area contributed by atoms with E-state index in [2.05, 4.69) is 0 Å². The third kappa shape index (κ3) is 5.26. The molecule has 1 aromatic rings. The molecule has 6 nitrogen and oxygen atoms in total. The van der Waals surface area contributed by atoms with Gasteiger partial charge in [-0.25, -0.2) is 8.42 Å². The van der Waals surface area contributed by atoms with Crippen LogP contribution in [-0.2, 0) is 19.6 Å². The van der Waals surface area contributed by atoms with Crippen molar-refractivity contribution in [3.8, 4) is 0 Å². The topological polar surface area (TPSA) is 89.7 Å². The van der Waals surface area contributed by atoms with Crippen molar-refractivity contribution in [2.24, 2.45) is 0 Å². The molecule has 0 fully saturated rings. The van der Waals surface area contributed by atoms with Crippen LogP contribution in [0.2, 0.25) is 0 Å². The molecule has 0 spiro atoms. The third-order valence-corrected chi connectivity index (χ3v) is 4.58. The molecule has 0 aromatic heterocycles. The molecular formula is C14H22N2O4S. The second-order valence-electron chi connectivity index (χ2n) is 4.54. The van der Waals surface area contributed by atoms with Crippen molar-refractivity contribution in [3.63, 3.8) is 0 Å². The van der Waals surface area contributed by atoms with Crippen molar-refractivity contribution >= 4 is 27.4 Å². The number of esters is 1.